The first-order valence-corrected chi connectivity index (χ1v) is 9.14. The van der Waals surface area contributed by atoms with Gasteiger partial charge in [0.25, 0.3) is 0 Å². The second-order valence-electron chi connectivity index (χ2n) is 6.87. The second-order valence-corrected chi connectivity index (χ2v) is 7.31. The average Bonchev–Trinajstić information content (AvgIpc) is 3.44. The summed E-state index contributed by atoms with van der Waals surface area (Å²) >= 11 is 5.90. The predicted molar refractivity (Wildman–Crippen MR) is 102 cm³/mol. The van der Waals surface area contributed by atoms with Crippen molar-refractivity contribution in [2.45, 2.75) is 24.6 Å². The smallest absolute Gasteiger partial charge is 0.406 e. The Kier molecular flexibility index (Phi) is 5.75. The maximum Gasteiger partial charge on any atom is 0.573 e. The Morgan fingerprint density at radius 2 is 1.69 bits per heavy atom. The molecule has 2 amide bonds. The molecule has 5 nitrogen and oxygen atoms in total. The molecule has 0 saturated heterocycles. The van der Waals surface area contributed by atoms with E-state index >= 15 is 0 Å². The molecule has 3 rings (SSSR count). The number of likely N-dealkylation sites (N-methyl/N-ethyl adjacent to an activating group) is 1. The van der Waals surface area contributed by atoms with E-state index in [9.17, 15) is 22.8 Å². The quantitative estimate of drug-likeness (QED) is 0.746. The van der Waals surface area contributed by atoms with E-state index in [-0.39, 0.29) is 18.2 Å². The third kappa shape index (κ3) is 5.20. The number of alkyl halides is 3. The Morgan fingerprint density at radius 3 is 2.21 bits per heavy atom. The molecule has 1 aliphatic carbocycles. The van der Waals surface area contributed by atoms with Crippen LogP contribution in [0.3, 0.4) is 0 Å². The molecular formula is C20H18ClF3N2O3. The number of nitrogens with one attached hydrogen (secondary N) is 1. The van der Waals surface area contributed by atoms with Gasteiger partial charge in [-0.3, -0.25) is 9.59 Å². The lowest BCUT2D eigenvalue weighted by Crippen LogP contribution is -2.41. The Morgan fingerprint density at radius 1 is 1.10 bits per heavy atom. The van der Waals surface area contributed by atoms with Crippen molar-refractivity contribution in [3.05, 3.63) is 59.1 Å². The van der Waals surface area contributed by atoms with E-state index in [1.807, 2.05) is 12.1 Å². The van der Waals surface area contributed by atoms with Crippen LogP contribution >= 0.6 is 11.6 Å². The lowest BCUT2D eigenvalue weighted by atomic mass is 9.94. The average molecular weight is 427 g/mol. The molecule has 1 saturated carbocycles. The number of rotatable bonds is 6. The number of halogens is 4. The van der Waals surface area contributed by atoms with E-state index in [4.69, 9.17) is 11.6 Å². The van der Waals surface area contributed by atoms with Crippen molar-refractivity contribution < 1.29 is 27.5 Å². The normalized spacial score (nSPS) is 14.8. The van der Waals surface area contributed by atoms with Crippen molar-refractivity contribution in [2.75, 3.05) is 18.9 Å². The third-order valence-electron chi connectivity index (χ3n) is 4.66. The van der Waals surface area contributed by atoms with Gasteiger partial charge in [-0.15, -0.1) is 13.2 Å². The highest BCUT2D eigenvalue weighted by Crippen LogP contribution is 2.49. The molecule has 0 unspecified atom stereocenters. The summed E-state index contributed by atoms with van der Waals surface area (Å²) in [5.74, 6) is -1.01. The molecule has 0 aromatic heterocycles. The zero-order chi connectivity index (χ0) is 21.2. The van der Waals surface area contributed by atoms with Crippen molar-refractivity contribution in [1.29, 1.82) is 0 Å². The Labute approximate surface area is 170 Å². The van der Waals surface area contributed by atoms with Gasteiger partial charge in [-0.05, 0) is 54.8 Å². The maximum absolute atomic E-state index is 12.9. The molecule has 0 spiro atoms. The third-order valence-corrected chi connectivity index (χ3v) is 4.91. The van der Waals surface area contributed by atoms with Crippen LogP contribution in [0.25, 0.3) is 0 Å². The number of carbonyl (C=O) groups is 2. The second kappa shape index (κ2) is 7.94. The highest BCUT2D eigenvalue weighted by Gasteiger charge is 2.52. The van der Waals surface area contributed by atoms with Crippen LogP contribution in [0.15, 0.2) is 48.5 Å². The monoisotopic (exact) mass is 426 g/mol. The molecule has 0 radical (unpaired) electrons. The Balaban J connectivity index is 1.58. The molecule has 9 heteroatoms. The molecule has 0 atom stereocenters. The number of hydrogen-bond donors (Lipinski definition) is 1. The highest BCUT2D eigenvalue weighted by atomic mass is 35.5. The van der Waals surface area contributed by atoms with Crippen LogP contribution in [0.2, 0.25) is 5.02 Å². The zero-order valence-electron chi connectivity index (χ0n) is 15.4. The van der Waals surface area contributed by atoms with Gasteiger partial charge in [0.05, 0.1) is 12.0 Å². The fraction of sp³-hybridized carbons (Fsp3) is 0.300. The molecule has 0 heterocycles. The van der Waals surface area contributed by atoms with Crippen LogP contribution < -0.4 is 10.1 Å². The van der Waals surface area contributed by atoms with Crippen molar-refractivity contribution in [3.63, 3.8) is 0 Å². The number of anilines is 1. The summed E-state index contributed by atoms with van der Waals surface area (Å²) in [6.45, 7) is -0.186. The first-order valence-electron chi connectivity index (χ1n) is 8.76. The molecular weight excluding hydrogens is 409 g/mol. The van der Waals surface area contributed by atoms with E-state index in [0.29, 0.717) is 23.6 Å². The summed E-state index contributed by atoms with van der Waals surface area (Å²) in [7, 11) is 1.54. The number of ether oxygens (including phenoxy) is 1. The Hall–Kier alpha value is -2.74. The van der Waals surface area contributed by atoms with Gasteiger partial charge in [-0.2, -0.15) is 0 Å². The molecule has 0 aliphatic heterocycles. The van der Waals surface area contributed by atoms with Gasteiger partial charge in [0, 0.05) is 17.8 Å². The van der Waals surface area contributed by atoms with Crippen molar-refractivity contribution in [2.24, 2.45) is 0 Å². The molecule has 29 heavy (non-hydrogen) atoms. The van der Waals surface area contributed by atoms with Gasteiger partial charge in [0.1, 0.15) is 5.75 Å². The van der Waals surface area contributed by atoms with Crippen LogP contribution in [0.1, 0.15) is 18.4 Å². The summed E-state index contributed by atoms with van der Waals surface area (Å²) in [5, 5.41) is 3.13. The number of amides is 2. The van der Waals surface area contributed by atoms with E-state index < -0.39 is 17.7 Å². The Bertz CT molecular complexity index is 895. The molecule has 2 aromatic carbocycles. The molecule has 1 N–H and O–H groups in total. The standard InChI is InChI=1S/C20H18ClF3N2O3/c1-26(18(28)19(10-11-19)13-2-4-14(21)5-3-13)12-17(27)25-15-6-8-16(9-7-15)29-20(22,23)24/h2-9H,10-12H2,1H3,(H,25,27). The van der Waals surface area contributed by atoms with Gasteiger partial charge < -0.3 is 15.0 Å². The molecule has 0 bridgehead atoms. The SMILES string of the molecule is CN(CC(=O)Nc1ccc(OC(F)(F)F)cc1)C(=O)C1(c2ccc(Cl)cc2)CC1. The van der Waals surface area contributed by atoms with Gasteiger partial charge >= 0.3 is 6.36 Å². The van der Waals surface area contributed by atoms with Crippen molar-refractivity contribution in [3.8, 4) is 5.75 Å². The minimum atomic E-state index is -4.78. The van der Waals surface area contributed by atoms with E-state index in [0.717, 1.165) is 17.7 Å². The summed E-state index contributed by atoms with van der Waals surface area (Å²) in [6.07, 6.45) is -3.39. The molecule has 154 valence electrons. The topological polar surface area (TPSA) is 58.6 Å². The van der Waals surface area contributed by atoms with E-state index in [1.165, 1.54) is 24.1 Å². The van der Waals surface area contributed by atoms with Crippen LogP contribution in [0.5, 0.6) is 5.75 Å². The number of nitrogens with zero attached hydrogens (tertiary/aromatic N) is 1. The van der Waals surface area contributed by atoms with Gasteiger partial charge in [-0.25, -0.2) is 0 Å². The lowest BCUT2D eigenvalue weighted by molar-refractivity contribution is -0.274. The summed E-state index contributed by atoms with van der Waals surface area (Å²) in [4.78, 5) is 26.4. The summed E-state index contributed by atoms with van der Waals surface area (Å²) in [6, 6.07) is 11.8. The van der Waals surface area contributed by atoms with Crippen LogP contribution in [-0.4, -0.2) is 36.7 Å². The summed E-state index contributed by atoms with van der Waals surface area (Å²) < 4.78 is 40.3. The van der Waals surface area contributed by atoms with Crippen molar-refractivity contribution in [1.82, 2.24) is 4.90 Å². The number of carbonyl (C=O) groups excluding carboxylic acids is 2. The predicted octanol–water partition coefficient (Wildman–Crippen LogP) is 4.37. The minimum Gasteiger partial charge on any atom is -0.406 e. The maximum atomic E-state index is 12.9. The van der Waals surface area contributed by atoms with Crippen LogP contribution in [0.4, 0.5) is 18.9 Å². The fourth-order valence-corrected chi connectivity index (χ4v) is 3.24. The van der Waals surface area contributed by atoms with E-state index in [2.05, 4.69) is 10.1 Å². The minimum absolute atomic E-state index is 0.163. The highest BCUT2D eigenvalue weighted by molar-refractivity contribution is 6.30. The van der Waals surface area contributed by atoms with Gasteiger partial charge in [-0.1, -0.05) is 23.7 Å². The first-order chi connectivity index (χ1) is 13.6. The molecule has 1 fully saturated rings. The summed E-state index contributed by atoms with van der Waals surface area (Å²) in [5.41, 5.74) is 0.527. The number of hydrogen-bond acceptors (Lipinski definition) is 3. The number of benzene rings is 2. The molecule has 1 aliphatic rings. The van der Waals surface area contributed by atoms with E-state index in [1.54, 1.807) is 12.1 Å². The molecule has 2 aromatic rings. The van der Waals surface area contributed by atoms with Gasteiger partial charge in [0.15, 0.2) is 0 Å². The van der Waals surface area contributed by atoms with Crippen LogP contribution in [-0.2, 0) is 15.0 Å². The lowest BCUT2D eigenvalue weighted by Gasteiger charge is -2.23. The van der Waals surface area contributed by atoms with Crippen molar-refractivity contribution >= 4 is 29.1 Å². The zero-order valence-corrected chi connectivity index (χ0v) is 16.2. The van der Waals surface area contributed by atoms with Gasteiger partial charge in [0.2, 0.25) is 11.8 Å². The van der Waals surface area contributed by atoms with Crippen LogP contribution in [0, 0.1) is 0 Å². The fourth-order valence-electron chi connectivity index (χ4n) is 3.11. The first kappa shape index (κ1) is 21.0. The largest absolute Gasteiger partial charge is 0.573 e.